The Hall–Kier alpha value is -4.33. The van der Waals surface area contributed by atoms with Crippen LogP contribution in [-0.2, 0) is 6.54 Å². The van der Waals surface area contributed by atoms with Crippen molar-refractivity contribution in [3.63, 3.8) is 0 Å². The number of aryl methyl sites for hydroxylation is 1. The zero-order valence-corrected chi connectivity index (χ0v) is 20.0. The van der Waals surface area contributed by atoms with Gasteiger partial charge in [0.2, 0.25) is 0 Å². The number of hydrogen-bond acceptors (Lipinski definition) is 5. The van der Waals surface area contributed by atoms with Crippen LogP contribution in [0.25, 0.3) is 22.6 Å². The number of aromatic nitrogens is 4. The molecule has 2 aromatic carbocycles. The Morgan fingerprint density at radius 2 is 1.86 bits per heavy atom. The van der Waals surface area contributed by atoms with Crippen molar-refractivity contribution in [2.24, 2.45) is 0 Å². The Balaban J connectivity index is 1.49. The molecule has 1 amide bonds. The Morgan fingerprint density at radius 3 is 2.60 bits per heavy atom. The second-order valence-corrected chi connectivity index (χ2v) is 9.07. The molecule has 5 rings (SSSR count). The normalized spacial score (nSPS) is 12.9. The fourth-order valence-corrected chi connectivity index (χ4v) is 4.42. The molecule has 1 N–H and O–H groups in total. The lowest BCUT2D eigenvalue weighted by Gasteiger charge is -2.16. The number of pyridine rings is 1. The number of fused-ring (bicyclic) bond motifs is 1. The van der Waals surface area contributed by atoms with Crippen molar-refractivity contribution >= 4 is 17.7 Å². The number of carboxylic acid groups (broad SMARTS) is 1. The maximum absolute atomic E-state index is 13.4. The third kappa shape index (κ3) is 3.86. The van der Waals surface area contributed by atoms with Gasteiger partial charge in [0.15, 0.2) is 5.82 Å². The van der Waals surface area contributed by atoms with Gasteiger partial charge in [-0.25, -0.2) is 9.78 Å². The lowest BCUT2D eigenvalue weighted by Crippen LogP contribution is -2.24. The van der Waals surface area contributed by atoms with Crippen LogP contribution in [0.2, 0.25) is 0 Å². The molecular formula is C27H25N5O3. The number of carboxylic acids is 1. The number of nitrogens with zero attached hydrogens (tertiary/aromatic N) is 5. The van der Waals surface area contributed by atoms with Gasteiger partial charge in [-0.05, 0) is 79.8 Å². The number of hydrogen-bond donors (Lipinski definition) is 1. The molecule has 0 bridgehead atoms. The van der Waals surface area contributed by atoms with Gasteiger partial charge in [0, 0.05) is 11.6 Å². The molecule has 0 spiro atoms. The van der Waals surface area contributed by atoms with E-state index in [1.807, 2.05) is 67.8 Å². The first-order chi connectivity index (χ1) is 16.7. The first-order valence-corrected chi connectivity index (χ1v) is 11.4. The Bertz CT molecular complexity index is 1490. The van der Waals surface area contributed by atoms with Crippen molar-refractivity contribution in [1.29, 1.82) is 0 Å². The number of anilines is 1. The number of amides is 1. The lowest BCUT2D eigenvalue weighted by molar-refractivity contribution is 0.0695. The Morgan fingerprint density at radius 1 is 1.06 bits per heavy atom. The van der Waals surface area contributed by atoms with Gasteiger partial charge in [-0.1, -0.05) is 24.3 Å². The SMILES string of the molecule is Cc1cc(-c2ccc3c(c2)C(=O)N(c2cccc(-c4nncn4C(C)C)n2)C3)cc(C(=O)O)c1C. The van der Waals surface area contributed by atoms with Crippen molar-refractivity contribution in [2.75, 3.05) is 4.90 Å². The molecule has 0 saturated carbocycles. The van der Waals surface area contributed by atoms with Crippen molar-refractivity contribution in [2.45, 2.75) is 40.3 Å². The highest BCUT2D eigenvalue weighted by Crippen LogP contribution is 2.33. The monoisotopic (exact) mass is 467 g/mol. The molecule has 35 heavy (non-hydrogen) atoms. The van der Waals surface area contributed by atoms with Crippen LogP contribution < -0.4 is 4.90 Å². The summed E-state index contributed by atoms with van der Waals surface area (Å²) in [5.74, 6) is 0.0920. The molecule has 1 aliphatic rings. The van der Waals surface area contributed by atoms with E-state index in [0.29, 0.717) is 29.4 Å². The van der Waals surface area contributed by atoms with E-state index < -0.39 is 5.97 Å². The first-order valence-electron chi connectivity index (χ1n) is 11.4. The minimum absolute atomic E-state index is 0.140. The Kier molecular flexibility index (Phi) is 5.43. The number of carbonyl (C=O) groups excluding carboxylic acids is 1. The quantitative estimate of drug-likeness (QED) is 0.440. The molecule has 2 aromatic heterocycles. The fraction of sp³-hybridized carbons (Fsp3) is 0.222. The molecule has 0 fully saturated rings. The van der Waals surface area contributed by atoms with E-state index in [-0.39, 0.29) is 17.5 Å². The molecule has 8 heteroatoms. The topological polar surface area (TPSA) is 101 Å². The Labute approximate surface area is 202 Å². The van der Waals surface area contributed by atoms with E-state index in [1.165, 1.54) is 0 Å². The van der Waals surface area contributed by atoms with E-state index in [2.05, 4.69) is 10.2 Å². The van der Waals surface area contributed by atoms with Gasteiger partial charge >= 0.3 is 5.97 Å². The summed E-state index contributed by atoms with van der Waals surface area (Å²) in [5.41, 5.74) is 5.61. The van der Waals surface area contributed by atoms with Crippen LogP contribution in [0.4, 0.5) is 5.82 Å². The van der Waals surface area contributed by atoms with Gasteiger partial charge in [0.25, 0.3) is 5.91 Å². The van der Waals surface area contributed by atoms with Crippen LogP contribution in [0.5, 0.6) is 0 Å². The molecule has 1 aliphatic heterocycles. The molecule has 8 nitrogen and oxygen atoms in total. The van der Waals surface area contributed by atoms with Crippen molar-refractivity contribution in [3.8, 4) is 22.6 Å². The number of aromatic carboxylic acids is 1. The van der Waals surface area contributed by atoms with E-state index in [4.69, 9.17) is 4.98 Å². The predicted molar refractivity (Wildman–Crippen MR) is 132 cm³/mol. The highest BCUT2D eigenvalue weighted by molar-refractivity contribution is 6.10. The smallest absolute Gasteiger partial charge is 0.335 e. The van der Waals surface area contributed by atoms with Crippen LogP contribution in [0.3, 0.4) is 0 Å². The molecule has 0 saturated heterocycles. The minimum atomic E-state index is -0.963. The zero-order chi connectivity index (χ0) is 24.9. The fourth-order valence-electron chi connectivity index (χ4n) is 4.42. The van der Waals surface area contributed by atoms with Crippen LogP contribution in [0, 0.1) is 13.8 Å². The van der Waals surface area contributed by atoms with E-state index in [0.717, 1.165) is 27.8 Å². The summed E-state index contributed by atoms with van der Waals surface area (Å²) in [4.78, 5) is 31.5. The zero-order valence-electron chi connectivity index (χ0n) is 20.0. The molecule has 176 valence electrons. The molecule has 4 aromatic rings. The van der Waals surface area contributed by atoms with Crippen molar-refractivity contribution in [3.05, 3.63) is 82.7 Å². The van der Waals surface area contributed by atoms with Crippen LogP contribution >= 0.6 is 0 Å². The number of benzene rings is 2. The van der Waals surface area contributed by atoms with Gasteiger partial charge in [-0.15, -0.1) is 10.2 Å². The number of rotatable bonds is 5. The summed E-state index contributed by atoms with van der Waals surface area (Å²) >= 11 is 0. The highest BCUT2D eigenvalue weighted by atomic mass is 16.4. The highest BCUT2D eigenvalue weighted by Gasteiger charge is 2.30. The van der Waals surface area contributed by atoms with Gasteiger partial charge < -0.3 is 9.67 Å². The van der Waals surface area contributed by atoms with E-state index in [1.54, 1.807) is 24.2 Å². The molecule has 3 heterocycles. The summed E-state index contributed by atoms with van der Waals surface area (Å²) in [6.07, 6.45) is 1.68. The number of carbonyl (C=O) groups is 2. The van der Waals surface area contributed by atoms with E-state index in [9.17, 15) is 14.7 Å². The van der Waals surface area contributed by atoms with Crippen molar-refractivity contribution < 1.29 is 14.7 Å². The maximum Gasteiger partial charge on any atom is 0.335 e. The average molecular weight is 468 g/mol. The third-order valence-corrected chi connectivity index (χ3v) is 6.51. The van der Waals surface area contributed by atoms with Crippen molar-refractivity contribution in [1.82, 2.24) is 19.7 Å². The maximum atomic E-state index is 13.4. The summed E-state index contributed by atoms with van der Waals surface area (Å²) < 4.78 is 1.94. The molecule has 0 radical (unpaired) electrons. The summed E-state index contributed by atoms with van der Waals surface area (Å²) in [7, 11) is 0. The molecular weight excluding hydrogens is 442 g/mol. The van der Waals surface area contributed by atoms with E-state index >= 15 is 0 Å². The van der Waals surface area contributed by atoms with Gasteiger partial charge in [-0.3, -0.25) is 9.69 Å². The van der Waals surface area contributed by atoms with Crippen LogP contribution in [-0.4, -0.2) is 36.7 Å². The standard InChI is InChI=1S/C27H25N5O3/c1-15(2)32-14-28-30-25(32)23-6-5-7-24(29-23)31-13-19-9-8-18(11-22(19)26(31)33)20-10-16(3)17(4)21(12-20)27(34)35/h5-12,14-15H,13H2,1-4H3,(H,34,35). The molecule has 0 aliphatic carbocycles. The minimum Gasteiger partial charge on any atom is -0.478 e. The summed E-state index contributed by atoms with van der Waals surface area (Å²) in [6, 6.07) is 15.0. The largest absolute Gasteiger partial charge is 0.478 e. The van der Waals surface area contributed by atoms with Gasteiger partial charge in [0.1, 0.15) is 17.8 Å². The van der Waals surface area contributed by atoms with Gasteiger partial charge in [-0.2, -0.15) is 0 Å². The lowest BCUT2D eigenvalue weighted by atomic mass is 9.94. The summed E-state index contributed by atoms with van der Waals surface area (Å²) in [6.45, 7) is 8.20. The average Bonchev–Trinajstić information content (AvgIpc) is 3.46. The van der Waals surface area contributed by atoms with Crippen LogP contribution in [0.15, 0.2) is 54.9 Å². The second-order valence-electron chi connectivity index (χ2n) is 9.07. The molecule has 0 atom stereocenters. The second kappa shape index (κ2) is 8.47. The van der Waals surface area contributed by atoms with Gasteiger partial charge in [0.05, 0.1) is 12.1 Å². The predicted octanol–water partition coefficient (Wildman–Crippen LogP) is 5.06. The molecule has 0 unspecified atom stereocenters. The summed E-state index contributed by atoms with van der Waals surface area (Å²) in [5, 5.41) is 17.8. The first kappa shape index (κ1) is 22.5. The van der Waals surface area contributed by atoms with Crippen LogP contribution in [0.1, 0.15) is 57.3 Å². The third-order valence-electron chi connectivity index (χ3n) is 6.51.